The van der Waals surface area contributed by atoms with E-state index < -0.39 is 0 Å². The third-order valence-corrected chi connectivity index (χ3v) is 5.21. The van der Waals surface area contributed by atoms with Gasteiger partial charge in [-0.2, -0.15) is 0 Å². The van der Waals surface area contributed by atoms with Crippen molar-refractivity contribution in [2.75, 3.05) is 198 Å². The Balaban J connectivity index is -0.0000000303. The molecule has 840 valence electrons. The quantitative estimate of drug-likeness (QED) is 0.0539. The summed E-state index contributed by atoms with van der Waals surface area (Å²) in [5.74, 6) is -3.16. The minimum absolute atomic E-state index is 0.211. The molecule has 0 aromatic carbocycles. The van der Waals surface area contributed by atoms with Crippen LogP contribution < -0.4 is 0 Å². The Morgan fingerprint density at radius 2 is 0.126 bits per heavy atom. The molecule has 0 atom stereocenters. The SMILES string of the molecule is CCO.CCO.CCO.CCO.CCO.CCO.CCO.CCO.CCO.CCO.CCO.CCO.CCO.CCO.CCO.CCOC(C)=O.CCOC(C)=O.CCOC(C)=O.CCOC(C)=O.CCOC(C)=O.CCOC(C)=O.CCOC(C)=O.CCOC(C)=O.CCOC(C)=O.CCOC(C)=O.CCOC(C)=O.CCOC(C)=O.CCOC(C)=O.CCOC(C)=O.CCOC(C)=O. The molecule has 45 nitrogen and oxygen atoms in total. The number of carbonyl (C=O) groups is 15. The first-order valence-electron chi connectivity index (χ1n) is 43.9. The second kappa shape index (κ2) is 293. The van der Waals surface area contributed by atoms with Gasteiger partial charge in [0.2, 0.25) is 0 Å². The van der Waals surface area contributed by atoms with E-state index in [0.717, 1.165) is 0 Å². The molecule has 0 heterocycles. The molecule has 0 saturated carbocycles. The lowest BCUT2D eigenvalue weighted by Gasteiger charge is -1.89. The molecule has 0 aliphatic rings. The summed E-state index contributed by atoms with van der Waals surface area (Å²) in [6, 6.07) is 0. The van der Waals surface area contributed by atoms with Gasteiger partial charge in [0.15, 0.2) is 0 Å². The molecule has 0 rings (SSSR count). The second-order valence-corrected chi connectivity index (χ2v) is 18.6. The third-order valence-electron chi connectivity index (χ3n) is 5.21. The van der Waals surface area contributed by atoms with Gasteiger partial charge in [0.1, 0.15) is 0 Å². The Morgan fingerprint density at radius 1 is 0.104 bits per heavy atom. The maximum Gasteiger partial charge on any atom is 0.302 e. The largest absolute Gasteiger partial charge is 0.466 e. The highest BCUT2D eigenvalue weighted by atomic mass is 16.6. The zero-order valence-electron chi connectivity index (χ0n) is 92.7. The maximum absolute atomic E-state index is 9.82. The van der Waals surface area contributed by atoms with Crippen molar-refractivity contribution in [3.63, 3.8) is 0 Å². The first kappa shape index (κ1) is 214. The molecular formula is C90H210O45. The van der Waals surface area contributed by atoms with E-state index in [-0.39, 0.29) is 189 Å². The number of esters is 15. The Labute approximate surface area is 815 Å². The zero-order valence-corrected chi connectivity index (χ0v) is 92.7. The lowest BCUT2D eigenvalue weighted by atomic mass is 10.8. The molecule has 0 amide bonds. The van der Waals surface area contributed by atoms with Crippen molar-refractivity contribution in [1.29, 1.82) is 0 Å². The average Bonchev–Trinajstić information content (AvgIpc) is 1.42. The van der Waals surface area contributed by atoms with Gasteiger partial charge in [0, 0.05) is 203 Å². The van der Waals surface area contributed by atoms with Crippen LogP contribution in [0.1, 0.15) is 312 Å². The molecular weight excluding hydrogens is 1800 g/mol. The standard InChI is InChI=1S/15C4H8O2.15C2H6O/c15*1-3-6-4(2)5;15*1-2-3/h15*3H2,1-2H3;15*3H,2H2,1H3. The van der Waals surface area contributed by atoms with Crippen LogP contribution in [0.3, 0.4) is 0 Å². The number of aliphatic hydroxyl groups is 15. The lowest BCUT2D eigenvalue weighted by molar-refractivity contribution is -0.141. The van der Waals surface area contributed by atoms with E-state index in [1.165, 1.54) is 104 Å². The van der Waals surface area contributed by atoms with Crippen LogP contribution in [0.5, 0.6) is 0 Å². The van der Waals surface area contributed by atoms with Crippen molar-refractivity contribution < 1.29 is 220 Å². The molecule has 0 radical (unpaired) electrons. The van der Waals surface area contributed by atoms with Gasteiger partial charge in [-0.1, -0.05) is 0 Å². The molecule has 0 fully saturated rings. The number of ether oxygens (including phenoxy) is 15. The summed E-state index contributed by atoms with van der Waals surface area (Å²) in [7, 11) is 0. The van der Waals surface area contributed by atoms with Gasteiger partial charge in [-0.25, -0.2) is 0 Å². The van der Waals surface area contributed by atoms with E-state index in [1.54, 1.807) is 208 Å². The summed E-state index contributed by atoms with van der Waals surface area (Å²) in [6.45, 7) is 83.8. The lowest BCUT2D eigenvalue weighted by Crippen LogP contribution is -1.95. The van der Waals surface area contributed by atoms with Crippen LogP contribution >= 0.6 is 0 Å². The van der Waals surface area contributed by atoms with E-state index in [4.69, 9.17) is 76.6 Å². The smallest absolute Gasteiger partial charge is 0.302 e. The summed E-state index contributed by atoms with van der Waals surface area (Å²) in [6.07, 6.45) is 0. The monoisotopic (exact) mass is 2010 g/mol. The second-order valence-electron chi connectivity index (χ2n) is 18.6. The Kier molecular flexibility index (Phi) is 464. The van der Waals surface area contributed by atoms with Crippen molar-refractivity contribution in [2.45, 2.75) is 312 Å². The third kappa shape index (κ3) is 1440. The van der Waals surface area contributed by atoms with Crippen molar-refractivity contribution in [3.05, 3.63) is 0 Å². The van der Waals surface area contributed by atoms with E-state index >= 15 is 0 Å². The van der Waals surface area contributed by atoms with Crippen LogP contribution in [0.15, 0.2) is 0 Å². The van der Waals surface area contributed by atoms with Gasteiger partial charge in [-0.05, 0) is 208 Å². The van der Waals surface area contributed by atoms with Crippen LogP contribution in [-0.2, 0) is 143 Å². The van der Waals surface area contributed by atoms with Gasteiger partial charge in [0.05, 0.1) is 99.1 Å². The highest BCUT2D eigenvalue weighted by Gasteiger charge is 1.89. The van der Waals surface area contributed by atoms with Crippen molar-refractivity contribution in [2.24, 2.45) is 0 Å². The van der Waals surface area contributed by atoms with Gasteiger partial charge in [-0.3, -0.25) is 71.9 Å². The predicted molar refractivity (Wildman–Crippen MR) is 526 cm³/mol. The van der Waals surface area contributed by atoms with Crippen LogP contribution in [0.25, 0.3) is 0 Å². The molecule has 0 spiro atoms. The first-order chi connectivity index (χ1) is 62.8. The Morgan fingerprint density at radius 3 is 0.126 bits per heavy atom. The Hall–Kier alpha value is -8.55. The molecule has 0 unspecified atom stereocenters. The topological polar surface area (TPSA) is 698 Å². The fourth-order valence-electron chi connectivity index (χ4n) is 3.05. The molecule has 0 aliphatic carbocycles. The van der Waals surface area contributed by atoms with Crippen LogP contribution in [0, 0.1) is 0 Å². The molecule has 0 bridgehead atoms. The molecule has 45 heteroatoms. The number of aliphatic hydroxyl groups excluding tert-OH is 15. The van der Waals surface area contributed by atoms with E-state index in [0.29, 0.717) is 99.1 Å². The summed E-state index contributed by atoms with van der Waals surface area (Å²) < 4.78 is 66.0. The maximum atomic E-state index is 9.82. The van der Waals surface area contributed by atoms with Crippen LogP contribution in [0.4, 0.5) is 0 Å². The summed E-state index contributed by atoms with van der Waals surface area (Å²) >= 11 is 0. The van der Waals surface area contributed by atoms with E-state index in [9.17, 15) is 71.9 Å². The fraction of sp³-hybridized carbons (Fsp3) is 0.833. The van der Waals surface area contributed by atoms with Crippen molar-refractivity contribution in [1.82, 2.24) is 0 Å². The van der Waals surface area contributed by atoms with Crippen LogP contribution in [0.2, 0.25) is 0 Å². The number of carbonyl (C=O) groups excluding carboxylic acids is 15. The minimum Gasteiger partial charge on any atom is -0.466 e. The fourth-order valence-corrected chi connectivity index (χ4v) is 3.05. The summed E-state index contributed by atoms with van der Waals surface area (Å²) in [5.41, 5.74) is 0. The van der Waals surface area contributed by atoms with E-state index in [1.807, 2.05) is 0 Å². The zero-order chi connectivity index (χ0) is 115. The van der Waals surface area contributed by atoms with Gasteiger partial charge < -0.3 is 148 Å². The number of rotatable bonds is 15. The molecule has 15 N–H and O–H groups in total. The van der Waals surface area contributed by atoms with Gasteiger partial charge >= 0.3 is 89.5 Å². The number of hydrogen-bond acceptors (Lipinski definition) is 45. The van der Waals surface area contributed by atoms with E-state index in [2.05, 4.69) is 71.1 Å². The minimum atomic E-state index is -0.211. The van der Waals surface area contributed by atoms with Crippen LogP contribution in [-0.4, -0.2) is 364 Å². The molecule has 0 saturated heterocycles. The van der Waals surface area contributed by atoms with Gasteiger partial charge in [-0.15, -0.1) is 0 Å². The predicted octanol–water partition coefficient (Wildman–Crippen LogP) is 8.52. The number of hydrogen-bond donors (Lipinski definition) is 15. The molecule has 0 aromatic heterocycles. The first-order valence-corrected chi connectivity index (χ1v) is 43.9. The average molecular weight is 2010 g/mol. The Bertz CT molecular complexity index is 1450. The van der Waals surface area contributed by atoms with Crippen molar-refractivity contribution in [3.8, 4) is 0 Å². The molecule has 135 heavy (non-hydrogen) atoms. The summed E-state index contributed by atoms with van der Waals surface area (Å²) in [5, 5.41) is 114. The highest BCUT2D eigenvalue weighted by molar-refractivity contribution is 5.69. The normalized spacial score (nSPS) is 7.11. The molecule has 0 aromatic rings. The molecule has 0 aliphatic heterocycles. The highest BCUT2D eigenvalue weighted by Crippen LogP contribution is 1.78. The summed E-state index contributed by atoms with van der Waals surface area (Å²) in [4.78, 5) is 147. The van der Waals surface area contributed by atoms with Gasteiger partial charge in [0.25, 0.3) is 0 Å². The van der Waals surface area contributed by atoms with Crippen molar-refractivity contribution >= 4 is 89.5 Å².